The third-order valence-electron chi connectivity index (χ3n) is 1.28. The van der Waals surface area contributed by atoms with E-state index in [0.29, 0.717) is 0 Å². The maximum absolute atomic E-state index is 10.6. The van der Waals surface area contributed by atoms with Crippen molar-refractivity contribution in [2.24, 2.45) is 0 Å². The number of esters is 3. The van der Waals surface area contributed by atoms with Gasteiger partial charge in [-0.05, 0) is 0 Å². The van der Waals surface area contributed by atoms with Crippen molar-refractivity contribution in [3.63, 3.8) is 0 Å². The van der Waals surface area contributed by atoms with E-state index in [1.165, 1.54) is 20.8 Å². The number of ether oxygens (including phenoxy) is 3. The summed E-state index contributed by atoms with van der Waals surface area (Å²) in [5, 5.41) is 0. The largest absolute Gasteiger partial charge is 1.00 e. The van der Waals surface area contributed by atoms with Crippen LogP contribution in [0.3, 0.4) is 0 Å². The Hall–Kier alpha value is -0.660. The molecule has 0 aromatic rings. The quantitative estimate of drug-likeness (QED) is 0.278. The van der Waals surface area contributed by atoms with Crippen LogP contribution < -0.4 is 34.3 Å². The van der Waals surface area contributed by atoms with E-state index in [1.54, 1.807) is 0 Å². The number of carbonyl (C=O) groups excluding carboxylic acids is 3. The molecule has 0 heterocycles. The van der Waals surface area contributed by atoms with E-state index in [0.717, 1.165) is 0 Å². The molecule has 0 rings (SSSR count). The first-order valence-corrected chi connectivity index (χ1v) is 4.35. The van der Waals surface area contributed by atoms with E-state index < -0.39 is 24.0 Å². The van der Waals surface area contributed by atoms with Crippen molar-refractivity contribution in [1.82, 2.24) is 0 Å². The van der Waals surface area contributed by atoms with Crippen molar-refractivity contribution < 1.29 is 62.9 Å². The van der Waals surface area contributed by atoms with E-state index in [1.807, 2.05) is 0 Å². The summed E-state index contributed by atoms with van der Waals surface area (Å²) < 4.78 is 14.0. The van der Waals surface area contributed by atoms with Crippen LogP contribution in [0.25, 0.3) is 0 Å². The van der Waals surface area contributed by atoms with Crippen LogP contribution in [0.5, 0.6) is 0 Å². The Balaban J connectivity index is -0.000000980. The second-order valence-electron chi connectivity index (χ2n) is 2.84. The summed E-state index contributed by atoms with van der Waals surface area (Å²) >= 11 is 0. The Morgan fingerprint density at radius 1 is 0.882 bits per heavy atom. The van der Waals surface area contributed by atoms with Crippen LogP contribution in [0.15, 0.2) is 0 Å². The topological polar surface area (TPSA) is 78.9 Å². The number of halogens is 1. The van der Waals surface area contributed by atoms with Gasteiger partial charge in [-0.1, -0.05) is 0 Å². The summed E-state index contributed by atoms with van der Waals surface area (Å²) in [6.07, 6.45) is -0.754. The third-order valence-corrected chi connectivity index (χ3v) is 1.28. The van der Waals surface area contributed by atoms with Gasteiger partial charge in [-0.15, -0.1) is 0 Å². The summed E-state index contributed by atoms with van der Waals surface area (Å²) in [7, 11) is 0. The average Bonchev–Trinajstić information content (AvgIpc) is 2.08. The first-order valence-electron chi connectivity index (χ1n) is 4.35. The molecule has 0 aliphatic heterocycles. The fourth-order valence-corrected chi connectivity index (χ4v) is 0.771. The van der Waals surface area contributed by atoms with Crippen molar-refractivity contribution in [2.45, 2.75) is 26.9 Å². The van der Waals surface area contributed by atoms with Gasteiger partial charge in [0.2, 0.25) is 0 Å². The minimum absolute atomic E-state index is 0. The minimum Gasteiger partial charge on any atom is -1.00 e. The van der Waals surface area contributed by atoms with Gasteiger partial charge in [0.15, 0.2) is 6.10 Å². The molecule has 0 N–H and O–H groups in total. The van der Waals surface area contributed by atoms with Crippen LogP contribution in [0.2, 0.25) is 0 Å². The molecule has 0 aliphatic rings. The van der Waals surface area contributed by atoms with Crippen molar-refractivity contribution >= 4 is 17.9 Å². The standard InChI is InChI=1S/C9H14O6.FH.Na/c1-6(10)13-4-9(15-8(3)12)5-14-7(2)11;;/h9H,4-5H2,1-3H3;1H;/q;;+1/p-1. The molecule has 0 fully saturated rings. The molecule has 0 spiro atoms. The van der Waals surface area contributed by atoms with Gasteiger partial charge in [-0.2, -0.15) is 0 Å². The molecule has 0 aromatic carbocycles. The Labute approximate surface area is 121 Å². The Morgan fingerprint density at radius 2 is 1.24 bits per heavy atom. The normalized spacial score (nSPS) is 8.47. The molecule has 0 unspecified atom stereocenters. The van der Waals surface area contributed by atoms with Gasteiger partial charge in [0.25, 0.3) is 0 Å². The van der Waals surface area contributed by atoms with Gasteiger partial charge in [-0.25, -0.2) is 0 Å². The van der Waals surface area contributed by atoms with Crippen LogP contribution >= 0.6 is 0 Å². The third kappa shape index (κ3) is 15.3. The molecule has 0 radical (unpaired) electrons. The van der Waals surface area contributed by atoms with Crippen LogP contribution in [0, 0.1) is 0 Å². The molecule has 0 aliphatic carbocycles. The van der Waals surface area contributed by atoms with Gasteiger partial charge in [0.05, 0.1) is 0 Å². The first kappa shape index (κ1) is 21.6. The van der Waals surface area contributed by atoms with Gasteiger partial charge >= 0.3 is 47.5 Å². The van der Waals surface area contributed by atoms with Crippen LogP contribution in [0.1, 0.15) is 20.8 Å². The zero-order chi connectivity index (χ0) is 11.8. The minimum atomic E-state index is -0.754. The fourth-order valence-electron chi connectivity index (χ4n) is 0.771. The van der Waals surface area contributed by atoms with E-state index >= 15 is 0 Å². The maximum Gasteiger partial charge on any atom is 1.00 e. The number of rotatable bonds is 5. The van der Waals surface area contributed by atoms with E-state index in [2.05, 4.69) is 9.47 Å². The number of hydrogen-bond acceptors (Lipinski definition) is 6. The number of carbonyl (C=O) groups is 3. The molecule has 0 saturated carbocycles. The molecule has 0 bridgehead atoms. The van der Waals surface area contributed by atoms with E-state index in [4.69, 9.17) is 4.74 Å². The summed E-state index contributed by atoms with van der Waals surface area (Å²) in [5.74, 6) is -1.51. The Morgan fingerprint density at radius 3 is 1.47 bits per heavy atom. The van der Waals surface area contributed by atoms with Crippen molar-refractivity contribution in [1.29, 1.82) is 0 Å². The molecule has 8 heteroatoms. The second kappa shape index (κ2) is 11.8. The van der Waals surface area contributed by atoms with Gasteiger partial charge in [-0.3, -0.25) is 14.4 Å². The zero-order valence-corrected chi connectivity index (χ0v) is 12.3. The van der Waals surface area contributed by atoms with Crippen molar-refractivity contribution in [3.8, 4) is 0 Å². The summed E-state index contributed by atoms with van der Waals surface area (Å²) in [6, 6.07) is 0. The van der Waals surface area contributed by atoms with Gasteiger partial charge in [0.1, 0.15) is 13.2 Å². The SMILES string of the molecule is CC(=O)OCC(COC(C)=O)OC(C)=O.[F-].[Na+]. The average molecular weight is 260 g/mol. The summed E-state index contributed by atoms with van der Waals surface area (Å²) in [6.45, 7) is 3.44. The first-order chi connectivity index (χ1) is 6.91. The van der Waals surface area contributed by atoms with Crippen molar-refractivity contribution in [3.05, 3.63) is 0 Å². The molecule has 17 heavy (non-hydrogen) atoms. The summed E-state index contributed by atoms with van der Waals surface area (Å²) in [5.41, 5.74) is 0. The van der Waals surface area contributed by atoms with E-state index in [9.17, 15) is 14.4 Å². The molecule has 0 saturated heterocycles. The Kier molecular flexibility index (Phi) is 15.0. The van der Waals surface area contributed by atoms with E-state index in [-0.39, 0.29) is 47.5 Å². The Bertz CT molecular complexity index is 240. The molecule has 94 valence electrons. The van der Waals surface area contributed by atoms with Crippen LogP contribution in [0.4, 0.5) is 0 Å². The molecular formula is C9H14FNaO6. The summed E-state index contributed by atoms with van der Waals surface area (Å²) in [4.78, 5) is 31.6. The number of hydrogen-bond donors (Lipinski definition) is 0. The smallest absolute Gasteiger partial charge is 1.00 e. The zero-order valence-electron chi connectivity index (χ0n) is 10.3. The maximum atomic E-state index is 10.6. The van der Waals surface area contributed by atoms with Gasteiger partial charge < -0.3 is 18.9 Å². The monoisotopic (exact) mass is 260 g/mol. The molecule has 0 aromatic heterocycles. The molecule has 0 atom stereocenters. The second-order valence-corrected chi connectivity index (χ2v) is 2.84. The molecule has 0 amide bonds. The molecular weight excluding hydrogens is 246 g/mol. The predicted octanol–water partition coefficient (Wildman–Crippen LogP) is -5.95. The predicted molar refractivity (Wildman–Crippen MR) is 48.8 cm³/mol. The molecule has 6 nitrogen and oxygen atoms in total. The van der Waals surface area contributed by atoms with Gasteiger partial charge in [0, 0.05) is 20.8 Å². The van der Waals surface area contributed by atoms with Crippen LogP contribution in [-0.2, 0) is 28.6 Å². The van der Waals surface area contributed by atoms with Crippen molar-refractivity contribution in [2.75, 3.05) is 13.2 Å². The van der Waals surface area contributed by atoms with Crippen LogP contribution in [-0.4, -0.2) is 37.2 Å². The fraction of sp³-hybridized carbons (Fsp3) is 0.667.